The zero-order chi connectivity index (χ0) is 15.3. The molecule has 0 spiro atoms. The summed E-state index contributed by atoms with van der Waals surface area (Å²) in [7, 11) is 0. The van der Waals surface area contributed by atoms with Crippen molar-refractivity contribution in [1.29, 1.82) is 0 Å². The average molecular weight is 300 g/mol. The number of halogens is 1. The molecule has 0 amide bonds. The van der Waals surface area contributed by atoms with Gasteiger partial charge in [-0.3, -0.25) is 9.59 Å². The van der Waals surface area contributed by atoms with Crippen LogP contribution in [-0.4, -0.2) is 25.2 Å². The summed E-state index contributed by atoms with van der Waals surface area (Å²) < 4.78 is 9.97. The highest BCUT2D eigenvalue weighted by Crippen LogP contribution is 2.34. The third kappa shape index (κ3) is 3.04. The summed E-state index contributed by atoms with van der Waals surface area (Å²) in [6, 6.07) is 4.58. The standard InChI is InChI=1S/C14H18ClNO4/c1-4-19-12(17)14(3,13(18)20-5-2)10-7-6-9(16)8-11(10)15/h6-8H,4-5,16H2,1-3H3. The molecule has 110 valence electrons. The Morgan fingerprint density at radius 3 is 2.10 bits per heavy atom. The maximum Gasteiger partial charge on any atom is 0.327 e. The molecule has 1 aromatic rings. The number of nitrogens with two attached hydrogens (primary N) is 1. The molecule has 0 unspecified atom stereocenters. The molecule has 0 bridgehead atoms. The van der Waals surface area contributed by atoms with E-state index in [-0.39, 0.29) is 18.2 Å². The number of carbonyl (C=O) groups excluding carboxylic acids is 2. The van der Waals surface area contributed by atoms with Crippen molar-refractivity contribution in [2.45, 2.75) is 26.2 Å². The molecule has 0 aliphatic heterocycles. The number of nitrogen functional groups attached to an aromatic ring is 1. The van der Waals surface area contributed by atoms with Crippen LogP contribution in [0.4, 0.5) is 5.69 Å². The molecule has 0 saturated heterocycles. The Morgan fingerprint density at radius 1 is 1.20 bits per heavy atom. The van der Waals surface area contributed by atoms with E-state index < -0.39 is 17.4 Å². The molecule has 0 radical (unpaired) electrons. The summed E-state index contributed by atoms with van der Waals surface area (Å²) in [5.41, 5.74) is 4.76. The maximum absolute atomic E-state index is 12.2. The van der Waals surface area contributed by atoms with Crippen molar-refractivity contribution in [3.05, 3.63) is 28.8 Å². The van der Waals surface area contributed by atoms with Crippen molar-refractivity contribution in [2.75, 3.05) is 18.9 Å². The van der Waals surface area contributed by atoms with Gasteiger partial charge in [0.2, 0.25) is 0 Å². The molecular formula is C14H18ClNO4. The summed E-state index contributed by atoms with van der Waals surface area (Å²) in [6.07, 6.45) is 0. The normalized spacial score (nSPS) is 11.0. The maximum atomic E-state index is 12.2. The topological polar surface area (TPSA) is 78.6 Å². The molecule has 5 nitrogen and oxygen atoms in total. The van der Waals surface area contributed by atoms with Crippen LogP contribution in [0.5, 0.6) is 0 Å². The van der Waals surface area contributed by atoms with E-state index in [2.05, 4.69) is 0 Å². The predicted molar refractivity (Wildman–Crippen MR) is 76.5 cm³/mol. The molecule has 2 N–H and O–H groups in total. The molecule has 20 heavy (non-hydrogen) atoms. The van der Waals surface area contributed by atoms with Gasteiger partial charge < -0.3 is 15.2 Å². The Morgan fingerprint density at radius 2 is 1.70 bits per heavy atom. The second-order valence-electron chi connectivity index (χ2n) is 4.31. The van der Waals surface area contributed by atoms with Gasteiger partial charge in [0.1, 0.15) is 0 Å². The van der Waals surface area contributed by atoms with Crippen LogP contribution in [0.1, 0.15) is 26.3 Å². The van der Waals surface area contributed by atoms with Gasteiger partial charge in [-0.1, -0.05) is 17.7 Å². The zero-order valence-electron chi connectivity index (χ0n) is 11.7. The van der Waals surface area contributed by atoms with E-state index in [1.165, 1.54) is 19.1 Å². The lowest BCUT2D eigenvalue weighted by molar-refractivity contribution is -0.163. The first-order valence-electron chi connectivity index (χ1n) is 6.27. The van der Waals surface area contributed by atoms with E-state index in [0.717, 1.165) is 0 Å². The van der Waals surface area contributed by atoms with Crippen molar-refractivity contribution in [1.82, 2.24) is 0 Å². The molecule has 0 saturated carbocycles. The Kier molecular flexibility index (Phi) is 5.39. The van der Waals surface area contributed by atoms with E-state index in [4.69, 9.17) is 26.8 Å². The lowest BCUT2D eigenvalue weighted by Crippen LogP contribution is -2.43. The van der Waals surface area contributed by atoms with Gasteiger partial charge in [-0.25, -0.2) is 0 Å². The summed E-state index contributed by atoms with van der Waals surface area (Å²) in [5.74, 6) is -1.41. The van der Waals surface area contributed by atoms with E-state index in [0.29, 0.717) is 11.3 Å². The van der Waals surface area contributed by atoms with Gasteiger partial charge in [0, 0.05) is 10.7 Å². The molecule has 0 aliphatic rings. The van der Waals surface area contributed by atoms with Crippen LogP contribution in [0.25, 0.3) is 0 Å². The van der Waals surface area contributed by atoms with Crippen LogP contribution in [0, 0.1) is 0 Å². The predicted octanol–water partition coefficient (Wildman–Crippen LogP) is 2.31. The highest BCUT2D eigenvalue weighted by molar-refractivity contribution is 6.32. The minimum absolute atomic E-state index is 0.153. The van der Waals surface area contributed by atoms with E-state index >= 15 is 0 Å². The minimum Gasteiger partial charge on any atom is -0.465 e. The highest BCUT2D eigenvalue weighted by atomic mass is 35.5. The van der Waals surface area contributed by atoms with Crippen LogP contribution in [0.15, 0.2) is 18.2 Å². The Bertz CT molecular complexity index is 498. The fourth-order valence-corrected chi connectivity index (χ4v) is 2.17. The Labute approximate surface area is 123 Å². The van der Waals surface area contributed by atoms with E-state index in [1.54, 1.807) is 19.9 Å². The van der Waals surface area contributed by atoms with Crippen molar-refractivity contribution in [3.8, 4) is 0 Å². The van der Waals surface area contributed by atoms with Crippen molar-refractivity contribution >= 4 is 29.2 Å². The van der Waals surface area contributed by atoms with Crippen LogP contribution < -0.4 is 5.73 Å². The third-order valence-electron chi connectivity index (χ3n) is 2.90. The molecule has 0 aliphatic carbocycles. The number of rotatable bonds is 5. The monoisotopic (exact) mass is 299 g/mol. The Balaban J connectivity index is 3.36. The molecule has 1 rings (SSSR count). The van der Waals surface area contributed by atoms with Crippen LogP contribution in [-0.2, 0) is 24.5 Å². The van der Waals surface area contributed by atoms with Gasteiger partial charge in [-0.15, -0.1) is 0 Å². The van der Waals surface area contributed by atoms with Crippen molar-refractivity contribution in [3.63, 3.8) is 0 Å². The lowest BCUT2D eigenvalue weighted by atomic mass is 9.82. The summed E-state index contributed by atoms with van der Waals surface area (Å²) in [4.78, 5) is 24.4. The second kappa shape index (κ2) is 6.61. The number of benzene rings is 1. The van der Waals surface area contributed by atoms with Crippen molar-refractivity contribution < 1.29 is 19.1 Å². The first kappa shape index (κ1) is 16.3. The summed E-state index contributed by atoms with van der Waals surface area (Å²) in [5, 5.41) is 0.216. The zero-order valence-corrected chi connectivity index (χ0v) is 12.5. The Hall–Kier alpha value is -1.75. The number of hydrogen-bond donors (Lipinski definition) is 1. The number of ether oxygens (including phenoxy) is 2. The fraction of sp³-hybridized carbons (Fsp3) is 0.429. The van der Waals surface area contributed by atoms with Crippen LogP contribution >= 0.6 is 11.6 Å². The third-order valence-corrected chi connectivity index (χ3v) is 3.21. The van der Waals surface area contributed by atoms with Crippen LogP contribution in [0.3, 0.4) is 0 Å². The molecule has 6 heteroatoms. The van der Waals surface area contributed by atoms with Crippen LogP contribution in [0.2, 0.25) is 5.02 Å². The summed E-state index contributed by atoms with van der Waals surface area (Å²) in [6.45, 7) is 5.06. The minimum atomic E-state index is -1.61. The number of esters is 2. The van der Waals surface area contributed by atoms with Gasteiger partial charge in [-0.05, 0) is 38.5 Å². The highest BCUT2D eigenvalue weighted by Gasteiger charge is 2.47. The molecular weight excluding hydrogens is 282 g/mol. The lowest BCUT2D eigenvalue weighted by Gasteiger charge is -2.26. The molecule has 1 aromatic carbocycles. The van der Waals surface area contributed by atoms with Gasteiger partial charge in [-0.2, -0.15) is 0 Å². The molecule has 0 atom stereocenters. The first-order valence-corrected chi connectivity index (χ1v) is 6.65. The van der Waals surface area contributed by atoms with Crippen molar-refractivity contribution in [2.24, 2.45) is 0 Å². The van der Waals surface area contributed by atoms with Gasteiger partial charge in [0.15, 0.2) is 5.41 Å². The van der Waals surface area contributed by atoms with Gasteiger partial charge >= 0.3 is 11.9 Å². The molecule has 0 heterocycles. The number of hydrogen-bond acceptors (Lipinski definition) is 5. The SMILES string of the molecule is CCOC(=O)C(C)(C(=O)OCC)c1ccc(N)cc1Cl. The van der Waals surface area contributed by atoms with Gasteiger partial charge in [0.05, 0.1) is 13.2 Å². The first-order chi connectivity index (χ1) is 9.37. The number of anilines is 1. The second-order valence-corrected chi connectivity index (χ2v) is 4.71. The smallest absolute Gasteiger partial charge is 0.327 e. The van der Waals surface area contributed by atoms with E-state index in [9.17, 15) is 9.59 Å². The van der Waals surface area contributed by atoms with Gasteiger partial charge in [0.25, 0.3) is 0 Å². The summed E-state index contributed by atoms with van der Waals surface area (Å²) >= 11 is 6.11. The molecule has 0 fully saturated rings. The fourth-order valence-electron chi connectivity index (χ4n) is 1.79. The quantitative estimate of drug-likeness (QED) is 0.513. The largest absolute Gasteiger partial charge is 0.465 e. The van der Waals surface area contributed by atoms with E-state index in [1.807, 2.05) is 0 Å². The average Bonchev–Trinajstić information content (AvgIpc) is 2.38. The molecule has 0 aromatic heterocycles. The number of carbonyl (C=O) groups is 2.